The summed E-state index contributed by atoms with van der Waals surface area (Å²) in [5, 5.41) is 9.78. The van der Waals surface area contributed by atoms with E-state index >= 15 is 0 Å². The molecule has 30 heavy (non-hydrogen) atoms. The van der Waals surface area contributed by atoms with Gasteiger partial charge >= 0.3 is 0 Å². The Balaban J connectivity index is 1.26. The van der Waals surface area contributed by atoms with Crippen LogP contribution in [-0.4, -0.2) is 74.2 Å². The number of rotatable bonds is 4. The van der Waals surface area contributed by atoms with Gasteiger partial charge in [-0.25, -0.2) is 15.0 Å². The van der Waals surface area contributed by atoms with E-state index in [2.05, 4.69) is 52.3 Å². The third-order valence-corrected chi connectivity index (χ3v) is 5.16. The van der Waals surface area contributed by atoms with Crippen LogP contribution < -0.4 is 10.2 Å². The molecule has 1 aliphatic rings. The Morgan fingerprint density at radius 3 is 2.70 bits per heavy atom. The monoisotopic (exact) mass is 403 g/mol. The molecule has 0 unspecified atom stereocenters. The van der Waals surface area contributed by atoms with Crippen molar-refractivity contribution in [2.75, 3.05) is 43.4 Å². The van der Waals surface area contributed by atoms with Crippen LogP contribution in [-0.2, 0) is 0 Å². The zero-order valence-corrected chi connectivity index (χ0v) is 16.5. The van der Waals surface area contributed by atoms with Gasteiger partial charge in [0.1, 0.15) is 17.2 Å². The SMILES string of the molecule is CN1CCN(c2cnc(C(=O)Nc3cc(-c4nc5ccccc5[nH]4)[nH]n3)cn2)CC1. The number of anilines is 2. The minimum absolute atomic E-state index is 0.237. The number of hydrogen-bond donors (Lipinski definition) is 3. The number of imidazole rings is 1. The number of aromatic amines is 2. The van der Waals surface area contributed by atoms with Crippen LogP contribution in [0.4, 0.5) is 11.6 Å². The average Bonchev–Trinajstić information content (AvgIpc) is 3.41. The number of piperazine rings is 1. The molecule has 4 heterocycles. The number of likely N-dealkylation sites (N-methyl/N-ethyl adjacent to an activating group) is 1. The van der Waals surface area contributed by atoms with E-state index in [9.17, 15) is 4.79 Å². The van der Waals surface area contributed by atoms with Crippen molar-refractivity contribution in [3.8, 4) is 11.5 Å². The quantitative estimate of drug-likeness (QED) is 0.475. The first-order valence-electron chi connectivity index (χ1n) is 9.73. The van der Waals surface area contributed by atoms with Crippen molar-refractivity contribution in [3.05, 3.63) is 48.4 Å². The highest BCUT2D eigenvalue weighted by atomic mass is 16.2. The first-order valence-corrected chi connectivity index (χ1v) is 9.73. The maximum atomic E-state index is 12.5. The zero-order valence-electron chi connectivity index (χ0n) is 16.5. The van der Waals surface area contributed by atoms with E-state index in [4.69, 9.17) is 0 Å². The lowest BCUT2D eigenvalue weighted by molar-refractivity contribution is 0.102. The van der Waals surface area contributed by atoms with Crippen molar-refractivity contribution in [1.82, 2.24) is 35.0 Å². The summed E-state index contributed by atoms with van der Waals surface area (Å²) >= 11 is 0. The van der Waals surface area contributed by atoms with Crippen molar-refractivity contribution in [3.63, 3.8) is 0 Å². The fourth-order valence-electron chi connectivity index (χ4n) is 3.41. The van der Waals surface area contributed by atoms with Crippen LogP contribution in [0, 0.1) is 0 Å². The summed E-state index contributed by atoms with van der Waals surface area (Å²) in [7, 11) is 2.10. The van der Waals surface area contributed by atoms with Gasteiger partial charge in [0.25, 0.3) is 5.91 Å². The van der Waals surface area contributed by atoms with Crippen LogP contribution in [0.2, 0.25) is 0 Å². The standard InChI is InChI=1S/C20H21N9O/c1-28-6-8-29(9-7-28)18-12-21-16(11-22-18)20(30)25-17-10-15(26-27-17)19-23-13-4-2-3-5-14(13)24-19/h2-5,10-12H,6-9H2,1H3,(H,23,24)(H2,25,26,27,30). The lowest BCUT2D eigenvalue weighted by atomic mass is 10.3. The first-order chi connectivity index (χ1) is 14.7. The molecule has 1 fully saturated rings. The Labute approximate surface area is 172 Å². The van der Waals surface area contributed by atoms with Gasteiger partial charge in [0.2, 0.25) is 0 Å². The van der Waals surface area contributed by atoms with Crippen molar-refractivity contribution in [2.24, 2.45) is 0 Å². The van der Waals surface area contributed by atoms with Crippen LogP contribution in [0.15, 0.2) is 42.7 Å². The Hall–Kier alpha value is -3.79. The minimum Gasteiger partial charge on any atom is -0.353 e. The van der Waals surface area contributed by atoms with Crippen molar-refractivity contribution >= 4 is 28.6 Å². The number of para-hydroxylation sites is 2. The second-order valence-corrected chi connectivity index (χ2v) is 7.27. The predicted octanol–water partition coefficient (Wildman–Crippen LogP) is 1.75. The molecule has 4 aromatic rings. The molecule has 1 aromatic carbocycles. The number of aromatic nitrogens is 6. The second-order valence-electron chi connectivity index (χ2n) is 7.27. The Morgan fingerprint density at radius 1 is 1.10 bits per heavy atom. The maximum Gasteiger partial charge on any atom is 0.277 e. The molecule has 0 aliphatic carbocycles. The number of carbonyl (C=O) groups excluding carboxylic acids is 1. The van der Waals surface area contributed by atoms with Gasteiger partial charge < -0.3 is 20.1 Å². The summed E-state index contributed by atoms with van der Waals surface area (Å²) in [6.45, 7) is 3.76. The molecule has 152 valence electrons. The smallest absolute Gasteiger partial charge is 0.277 e. The fraction of sp³-hybridized carbons (Fsp3) is 0.250. The number of carbonyl (C=O) groups is 1. The van der Waals surface area contributed by atoms with Crippen molar-refractivity contribution < 1.29 is 4.79 Å². The summed E-state index contributed by atoms with van der Waals surface area (Å²) in [5.74, 6) is 1.46. The Bertz CT molecular complexity index is 1140. The highest BCUT2D eigenvalue weighted by molar-refractivity contribution is 6.02. The van der Waals surface area contributed by atoms with Crippen molar-refractivity contribution in [2.45, 2.75) is 0 Å². The molecular weight excluding hydrogens is 382 g/mol. The van der Waals surface area contributed by atoms with E-state index in [1.807, 2.05) is 24.3 Å². The normalized spacial score (nSPS) is 14.9. The van der Waals surface area contributed by atoms with Crippen LogP contribution in [0.1, 0.15) is 10.5 Å². The van der Waals surface area contributed by atoms with E-state index < -0.39 is 0 Å². The summed E-state index contributed by atoms with van der Waals surface area (Å²) in [6, 6.07) is 9.48. The van der Waals surface area contributed by atoms with Gasteiger partial charge in [0.15, 0.2) is 11.6 Å². The maximum absolute atomic E-state index is 12.5. The number of hydrogen-bond acceptors (Lipinski definition) is 7. The lowest BCUT2D eigenvalue weighted by Crippen LogP contribution is -2.44. The molecule has 1 amide bonds. The molecule has 0 radical (unpaired) electrons. The molecule has 0 atom stereocenters. The number of benzene rings is 1. The van der Waals surface area contributed by atoms with Gasteiger partial charge in [-0.1, -0.05) is 12.1 Å². The number of nitrogens with one attached hydrogen (secondary N) is 3. The molecular formula is C20H21N9O. The van der Waals surface area contributed by atoms with Crippen molar-refractivity contribution in [1.29, 1.82) is 0 Å². The van der Waals surface area contributed by atoms with Gasteiger partial charge in [-0.3, -0.25) is 9.89 Å². The molecule has 1 aliphatic heterocycles. The largest absolute Gasteiger partial charge is 0.353 e. The third-order valence-electron chi connectivity index (χ3n) is 5.16. The molecule has 10 heteroatoms. The van der Waals surface area contributed by atoms with E-state index in [0.29, 0.717) is 17.3 Å². The van der Waals surface area contributed by atoms with E-state index in [1.54, 1.807) is 12.3 Å². The topological polar surface area (TPSA) is 119 Å². The number of nitrogens with zero attached hydrogens (tertiary/aromatic N) is 6. The molecule has 0 saturated carbocycles. The Morgan fingerprint density at radius 2 is 1.93 bits per heavy atom. The summed E-state index contributed by atoms with van der Waals surface area (Å²) in [4.78, 5) is 33.4. The molecule has 5 rings (SSSR count). The zero-order chi connectivity index (χ0) is 20.5. The highest BCUT2D eigenvalue weighted by Crippen LogP contribution is 2.21. The van der Waals surface area contributed by atoms with Crippen LogP contribution >= 0.6 is 0 Å². The number of amides is 1. The second kappa shape index (κ2) is 7.56. The van der Waals surface area contributed by atoms with Gasteiger partial charge in [-0.2, -0.15) is 5.10 Å². The van der Waals surface area contributed by atoms with Gasteiger partial charge in [0, 0.05) is 32.2 Å². The average molecular weight is 403 g/mol. The Kier molecular flexibility index (Phi) is 4.60. The number of fused-ring (bicyclic) bond motifs is 1. The van der Waals surface area contributed by atoms with Crippen LogP contribution in [0.5, 0.6) is 0 Å². The van der Waals surface area contributed by atoms with Crippen LogP contribution in [0.25, 0.3) is 22.6 Å². The van der Waals surface area contributed by atoms with E-state index in [0.717, 1.165) is 43.0 Å². The molecule has 1 saturated heterocycles. The lowest BCUT2D eigenvalue weighted by Gasteiger charge is -2.32. The number of H-pyrrole nitrogens is 2. The fourth-order valence-corrected chi connectivity index (χ4v) is 3.41. The van der Waals surface area contributed by atoms with Crippen LogP contribution in [0.3, 0.4) is 0 Å². The molecule has 3 aromatic heterocycles. The van der Waals surface area contributed by atoms with E-state index in [-0.39, 0.29) is 11.6 Å². The molecule has 3 N–H and O–H groups in total. The molecule has 10 nitrogen and oxygen atoms in total. The highest BCUT2D eigenvalue weighted by Gasteiger charge is 2.17. The van der Waals surface area contributed by atoms with Gasteiger partial charge in [-0.05, 0) is 19.2 Å². The molecule has 0 spiro atoms. The molecule has 0 bridgehead atoms. The third kappa shape index (κ3) is 3.60. The summed E-state index contributed by atoms with van der Waals surface area (Å²) < 4.78 is 0. The first kappa shape index (κ1) is 18.3. The van der Waals surface area contributed by atoms with E-state index in [1.165, 1.54) is 6.20 Å². The predicted molar refractivity (Wildman–Crippen MR) is 113 cm³/mol. The summed E-state index contributed by atoms with van der Waals surface area (Å²) in [6.07, 6.45) is 3.14. The minimum atomic E-state index is -0.366. The van der Waals surface area contributed by atoms with Gasteiger partial charge in [0.05, 0.1) is 23.4 Å². The summed E-state index contributed by atoms with van der Waals surface area (Å²) in [5.41, 5.74) is 2.71. The van der Waals surface area contributed by atoms with Gasteiger partial charge in [-0.15, -0.1) is 0 Å².